The lowest BCUT2D eigenvalue weighted by Gasteiger charge is -2.20. The van der Waals surface area contributed by atoms with Gasteiger partial charge in [-0.05, 0) is 50.3 Å². The van der Waals surface area contributed by atoms with Gasteiger partial charge in [0.15, 0.2) is 0 Å². The molecule has 25 heavy (non-hydrogen) atoms. The zero-order valence-corrected chi connectivity index (χ0v) is 15.5. The SMILES string of the molecule is Cc1ccc(-c2ncc(CN[C@@H]3CCC[C@@H]3n3ccnn3)s2)cc1C. The third-order valence-electron chi connectivity index (χ3n) is 5.11. The normalized spacial score (nSPS) is 20.2. The van der Waals surface area contributed by atoms with Gasteiger partial charge in [-0.3, -0.25) is 0 Å². The quantitative estimate of drug-likeness (QED) is 0.756. The molecule has 1 N–H and O–H groups in total. The lowest BCUT2D eigenvalue weighted by Crippen LogP contribution is -2.33. The van der Waals surface area contributed by atoms with E-state index in [4.69, 9.17) is 0 Å². The van der Waals surface area contributed by atoms with Gasteiger partial charge in [0.05, 0.1) is 12.2 Å². The first-order valence-electron chi connectivity index (χ1n) is 8.82. The van der Waals surface area contributed by atoms with Crippen LogP contribution in [0.5, 0.6) is 0 Å². The van der Waals surface area contributed by atoms with Crippen molar-refractivity contribution in [2.24, 2.45) is 0 Å². The van der Waals surface area contributed by atoms with Gasteiger partial charge >= 0.3 is 0 Å². The highest BCUT2D eigenvalue weighted by atomic mass is 32.1. The molecule has 0 aliphatic heterocycles. The van der Waals surface area contributed by atoms with Gasteiger partial charge < -0.3 is 5.32 Å². The summed E-state index contributed by atoms with van der Waals surface area (Å²) in [6.45, 7) is 5.15. The Morgan fingerprint density at radius 2 is 2.16 bits per heavy atom. The van der Waals surface area contributed by atoms with E-state index >= 15 is 0 Å². The van der Waals surface area contributed by atoms with E-state index < -0.39 is 0 Å². The van der Waals surface area contributed by atoms with Crippen molar-refractivity contribution >= 4 is 11.3 Å². The van der Waals surface area contributed by atoms with Crippen molar-refractivity contribution in [3.63, 3.8) is 0 Å². The van der Waals surface area contributed by atoms with E-state index in [1.807, 2.05) is 17.1 Å². The Morgan fingerprint density at radius 1 is 1.24 bits per heavy atom. The topological polar surface area (TPSA) is 55.6 Å². The first-order valence-corrected chi connectivity index (χ1v) is 9.64. The average Bonchev–Trinajstić information content (AvgIpc) is 3.36. The van der Waals surface area contributed by atoms with Crippen molar-refractivity contribution in [3.8, 4) is 10.6 Å². The van der Waals surface area contributed by atoms with Crippen molar-refractivity contribution in [1.82, 2.24) is 25.3 Å². The van der Waals surface area contributed by atoms with Gasteiger partial charge in [-0.15, -0.1) is 16.4 Å². The first kappa shape index (κ1) is 16.4. The van der Waals surface area contributed by atoms with Crippen molar-refractivity contribution in [2.45, 2.75) is 51.7 Å². The number of nitrogens with zero attached hydrogens (tertiary/aromatic N) is 4. The van der Waals surface area contributed by atoms with Crippen LogP contribution in [0, 0.1) is 13.8 Å². The molecule has 0 saturated heterocycles. The average molecular weight is 353 g/mol. The third-order valence-corrected chi connectivity index (χ3v) is 6.15. The molecule has 1 fully saturated rings. The zero-order valence-electron chi connectivity index (χ0n) is 14.6. The molecule has 1 aromatic carbocycles. The third kappa shape index (κ3) is 3.50. The van der Waals surface area contributed by atoms with E-state index in [0.29, 0.717) is 12.1 Å². The molecule has 3 aromatic rings. The Kier molecular flexibility index (Phi) is 4.63. The minimum Gasteiger partial charge on any atom is -0.307 e. The molecule has 130 valence electrons. The fourth-order valence-corrected chi connectivity index (χ4v) is 4.38. The van der Waals surface area contributed by atoms with Gasteiger partial charge in [0.2, 0.25) is 0 Å². The molecule has 1 aliphatic carbocycles. The van der Waals surface area contributed by atoms with E-state index in [1.54, 1.807) is 17.5 Å². The maximum atomic E-state index is 4.62. The summed E-state index contributed by atoms with van der Waals surface area (Å²) < 4.78 is 2.00. The largest absolute Gasteiger partial charge is 0.307 e. The van der Waals surface area contributed by atoms with Crippen LogP contribution < -0.4 is 5.32 Å². The maximum Gasteiger partial charge on any atom is 0.123 e. The van der Waals surface area contributed by atoms with E-state index in [9.17, 15) is 0 Å². The summed E-state index contributed by atoms with van der Waals surface area (Å²) in [6.07, 6.45) is 9.31. The van der Waals surface area contributed by atoms with Gasteiger partial charge in [0, 0.05) is 35.4 Å². The minimum absolute atomic E-state index is 0.412. The molecule has 2 heterocycles. The van der Waals surface area contributed by atoms with Gasteiger partial charge in [0.1, 0.15) is 5.01 Å². The number of hydrogen-bond donors (Lipinski definition) is 1. The molecular weight excluding hydrogens is 330 g/mol. The second kappa shape index (κ2) is 7.06. The van der Waals surface area contributed by atoms with Crippen LogP contribution in [-0.4, -0.2) is 26.0 Å². The van der Waals surface area contributed by atoms with Gasteiger partial charge in [-0.1, -0.05) is 17.3 Å². The van der Waals surface area contributed by atoms with Gasteiger partial charge in [0.25, 0.3) is 0 Å². The van der Waals surface area contributed by atoms with Crippen LogP contribution in [0.1, 0.15) is 41.3 Å². The molecular formula is C19H23N5S. The van der Waals surface area contributed by atoms with Crippen LogP contribution in [0.2, 0.25) is 0 Å². The Labute approximate surface area is 152 Å². The minimum atomic E-state index is 0.412. The lowest BCUT2D eigenvalue weighted by atomic mass is 10.1. The highest BCUT2D eigenvalue weighted by Gasteiger charge is 2.28. The molecule has 0 unspecified atom stereocenters. The zero-order chi connectivity index (χ0) is 17.2. The summed E-state index contributed by atoms with van der Waals surface area (Å²) >= 11 is 1.77. The number of rotatable bonds is 5. The van der Waals surface area contributed by atoms with Crippen LogP contribution in [0.15, 0.2) is 36.8 Å². The molecule has 4 rings (SSSR count). The summed E-state index contributed by atoms with van der Waals surface area (Å²) in [6, 6.07) is 7.42. The van der Waals surface area contributed by atoms with Crippen LogP contribution >= 0.6 is 11.3 Å². The molecule has 2 aromatic heterocycles. The predicted molar refractivity (Wildman–Crippen MR) is 101 cm³/mol. The van der Waals surface area contributed by atoms with E-state index in [1.165, 1.54) is 34.4 Å². The first-order chi connectivity index (χ1) is 12.2. The number of benzene rings is 1. The van der Waals surface area contributed by atoms with E-state index in [0.717, 1.165) is 18.0 Å². The smallest absolute Gasteiger partial charge is 0.123 e. The Balaban J connectivity index is 1.42. The van der Waals surface area contributed by atoms with Crippen molar-refractivity contribution < 1.29 is 0 Å². The highest BCUT2D eigenvalue weighted by Crippen LogP contribution is 2.31. The fraction of sp³-hybridized carbons (Fsp3) is 0.421. The van der Waals surface area contributed by atoms with Crippen molar-refractivity contribution in [1.29, 1.82) is 0 Å². The standard InChI is InChI=1S/C19H23N5S/c1-13-6-7-15(10-14(13)2)19-21-12-16(25-19)11-20-17-4-3-5-18(17)24-9-8-22-23-24/h6-10,12,17-18,20H,3-5,11H2,1-2H3/t17-,18+/m1/s1. The van der Waals surface area contributed by atoms with Crippen LogP contribution in [0.25, 0.3) is 10.6 Å². The monoisotopic (exact) mass is 353 g/mol. The highest BCUT2D eigenvalue weighted by molar-refractivity contribution is 7.15. The molecule has 1 saturated carbocycles. The molecule has 6 heteroatoms. The van der Waals surface area contributed by atoms with Crippen molar-refractivity contribution in [2.75, 3.05) is 0 Å². The summed E-state index contributed by atoms with van der Waals surface area (Å²) in [5.74, 6) is 0. The second-order valence-electron chi connectivity index (χ2n) is 6.80. The number of thiazole rings is 1. The van der Waals surface area contributed by atoms with Crippen LogP contribution in [0.4, 0.5) is 0 Å². The molecule has 0 bridgehead atoms. The molecule has 1 aliphatic rings. The number of aromatic nitrogens is 4. The summed E-state index contributed by atoms with van der Waals surface area (Å²) in [5.41, 5.74) is 3.84. The number of nitrogens with one attached hydrogen (secondary N) is 1. The number of hydrogen-bond acceptors (Lipinski definition) is 5. The lowest BCUT2D eigenvalue weighted by molar-refractivity contribution is 0.359. The Morgan fingerprint density at radius 3 is 2.96 bits per heavy atom. The van der Waals surface area contributed by atoms with Gasteiger partial charge in [-0.2, -0.15) is 0 Å². The molecule has 5 nitrogen and oxygen atoms in total. The van der Waals surface area contributed by atoms with Crippen LogP contribution in [-0.2, 0) is 6.54 Å². The second-order valence-corrected chi connectivity index (χ2v) is 7.91. The summed E-state index contributed by atoms with van der Waals surface area (Å²) in [7, 11) is 0. The maximum absolute atomic E-state index is 4.62. The Bertz CT molecular complexity index is 839. The van der Waals surface area contributed by atoms with Crippen LogP contribution in [0.3, 0.4) is 0 Å². The predicted octanol–water partition coefficient (Wildman–Crippen LogP) is 3.90. The summed E-state index contributed by atoms with van der Waals surface area (Å²) in [4.78, 5) is 5.90. The molecule has 0 spiro atoms. The molecule has 0 amide bonds. The molecule has 2 atom stereocenters. The fourth-order valence-electron chi connectivity index (χ4n) is 3.52. The van der Waals surface area contributed by atoms with Crippen molar-refractivity contribution in [3.05, 3.63) is 52.8 Å². The summed E-state index contributed by atoms with van der Waals surface area (Å²) in [5, 5.41) is 12.9. The van der Waals surface area contributed by atoms with Gasteiger partial charge in [-0.25, -0.2) is 9.67 Å². The Hall–Kier alpha value is -2.05. The van der Waals surface area contributed by atoms with E-state index in [-0.39, 0.29) is 0 Å². The molecule has 0 radical (unpaired) electrons. The van der Waals surface area contributed by atoms with E-state index in [2.05, 4.69) is 52.7 Å². The number of aryl methyl sites for hydroxylation is 2.